The topological polar surface area (TPSA) is 63.2 Å². The van der Waals surface area contributed by atoms with Crippen LogP contribution >= 0.6 is 22.9 Å². The number of thiazole rings is 1. The van der Waals surface area contributed by atoms with E-state index in [9.17, 15) is 4.79 Å². The van der Waals surface area contributed by atoms with E-state index in [1.165, 1.54) is 11.3 Å². The van der Waals surface area contributed by atoms with Gasteiger partial charge in [0.05, 0.1) is 12.8 Å². The molecule has 122 valence electrons. The van der Waals surface area contributed by atoms with Crippen molar-refractivity contribution in [3.63, 3.8) is 0 Å². The number of benzene rings is 2. The van der Waals surface area contributed by atoms with Crippen LogP contribution in [-0.2, 0) is 0 Å². The molecule has 0 aliphatic carbocycles. The summed E-state index contributed by atoms with van der Waals surface area (Å²) in [5.41, 5.74) is 2.36. The molecule has 2 aromatic carbocycles. The maximum absolute atomic E-state index is 12.0. The lowest BCUT2D eigenvalue weighted by Crippen LogP contribution is -2.19. The molecule has 1 aromatic heterocycles. The molecule has 3 aromatic rings. The first kappa shape index (κ1) is 16.3. The Morgan fingerprint density at radius 3 is 2.71 bits per heavy atom. The van der Waals surface area contributed by atoms with Crippen LogP contribution in [0.25, 0.3) is 11.3 Å². The standard InChI is InChI=1S/C17H14ClN3O2S/c1-23-14-4-2-3-11(9-14)15-10-24-17(20-15)21-16(22)19-13-7-5-12(18)6-8-13/h2-10H,1H3,(H2,19,20,21,22). The quantitative estimate of drug-likeness (QED) is 0.679. The predicted octanol–water partition coefficient (Wildman–Crippen LogP) is 5.12. The molecule has 0 unspecified atom stereocenters. The number of urea groups is 1. The molecule has 0 radical (unpaired) electrons. The van der Waals surface area contributed by atoms with Gasteiger partial charge in [-0.3, -0.25) is 5.32 Å². The van der Waals surface area contributed by atoms with Gasteiger partial charge in [-0.25, -0.2) is 9.78 Å². The van der Waals surface area contributed by atoms with Crippen molar-refractivity contribution in [3.8, 4) is 17.0 Å². The molecule has 0 aliphatic heterocycles. The highest BCUT2D eigenvalue weighted by molar-refractivity contribution is 7.14. The fourth-order valence-corrected chi connectivity index (χ4v) is 2.88. The first-order valence-corrected chi connectivity index (χ1v) is 8.33. The molecule has 0 saturated carbocycles. The van der Waals surface area contributed by atoms with Crippen LogP contribution in [0.2, 0.25) is 5.02 Å². The zero-order valence-corrected chi connectivity index (χ0v) is 14.3. The van der Waals surface area contributed by atoms with E-state index in [1.54, 1.807) is 31.4 Å². The van der Waals surface area contributed by atoms with Crippen molar-refractivity contribution >= 4 is 39.8 Å². The summed E-state index contributed by atoms with van der Waals surface area (Å²) in [5.74, 6) is 0.760. The van der Waals surface area contributed by atoms with Crippen molar-refractivity contribution in [2.24, 2.45) is 0 Å². The van der Waals surface area contributed by atoms with E-state index in [0.717, 1.165) is 17.0 Å². The summed E-state index contributed by atoms with van der Waals surface area (Å²) in [6.07, 6.45) is 0. The van der Waals surface area contributed by atoms with Gasteiger partial charge >= 0.3 is 6.03 Å². The molecule has 2 N–H and O–H groups in total. The summed E-state index contributed by atoms with van der Waals surface area (Å²) in [6, 6.07) is 14.1. The number of hydrogen-bond acceptors (Lipinski definition) is 4. The van der Waals surface area contributed by atoms with Gasteiger partial charge in [0.1, 0.15) is 5.75 Å². The molecule has 1 heterocycles. The van der Waals surface area contributed by atoms with Crippen LogP contribution in [-0.4, -0.2) is 18.1 Å². The Morgan fingerprint density at radius 1 is 1.17 bits per heavy atom. The average molecular weight is 360 g/mol. The minimum atomic E-state index is -0.358. The Bertz CT molecular complexity index is 849. The molecule has 0 atom stereocenters. The van der Waals surface area contributed by atoms with Gasteiger partial charge in [-0.15, -0.1) is 11.3 Å². The number of ether oxygens (including phenoxy) is 1. The van der Waals surface area contributed by atoms with Gasteiger partial charge in [0, 0.05) is 21.7 Å². The third-order valence-corrected chi connectivity index (χ3v) is 4.20. The molecule has 2 amide bonds. The smallest absolute Gasteiger partial charge is 0.325 e. The summed E-state index contributed by atoms with van der Waals surface area (Å²) < 4.78 is 5.21. The fourth-order valence-electron chi connectivity index (χ4n) is 2.04. The summed E-state index contributed by atoms with van der Waals surface area (Å²) in [7, 11) is 1.62. The Hall–Kier alpha value is -2.57. The number of nitrogens with zero attached hydrogens (tertiary/aromatic N) is 1. The van der Waals surface area contributed by atoms with E-state index in [1.807, 2.05) is 29.6 Å². The normalized spacial score (nSPS) is 10.2. The lowest BCUT2D eigenvalue weighted by molar-refractivity contribution is 0.262. The summed E-state index contributed by atoms with van der Waals surface area (Å²) in [6.45, 7) is 0. The number of amides is 2. The minimum Gasteiger partial charge on any atom is -0.497 e. The molecule has 0 fully saturated rings. The number of hydrogen-bond donors (Lipinski definition) is 2. The number of aromatic nitrogens is 1. The number of carbonyl (C=O) groups is 1. The molecular formula is C17H14ClN3O2S. The van der Waals surface area contributed by atoms with Gasteiger partial charge in [-0.1, -0.05) is 23.7 Å². The summed E-state index contributed by atoms with van der Waals surface area (Å²) >= 11 is 7.17. The molecule has 3 rings (SSSR count). The third-order valence-electron chi connectivity index (χ3n) is 3.19. The number of methoxy groups -OCH3 is 1. The van der Waals surface area contributed by atoms with Crippen LogP contribution in [0.5, 0.6) is 5.75 Å². The molecule has 0 aliphatic rings. The molecule has 0 spiro atoms. The van der Waals surface area contributed by atoms with E-state index >= 15 is 0 Å². The molecule has 7 heteroatoms. The Morgan fingerprint density at radius 2 is 1.96 bits per heavy atom. The van der Waals surface area contributed by atoms with Gasteiger partial charge in [0.2, 0.25) is 0 Å². The fraction of sp³-hybridized carbons (Fsp3) is 0.0588. The van der Waals surface area contributed by atoms with Crippen molar-refractivity contribution in [2.75, 3.05) is 17.7 Å². The zero-order valence-electron chi connectivity index (χ0n) is 12.7. The second-order valence-electron chi connectivity index (χ2n) is 4.86. The average Bonchev–Trinajstić information content (AvgIpc) is 3.05. The minimum absolute atomic E-state index is 0.358. The van der Waals surface area contributed by atoms with Crippen molar-refractivity contribution in [1.29, 1.82) is 0 Å². The van der Waals surface area contributed by atoms with Crippen LogP contribution < -0.4 is 15.4 Å². The van der Waals surface area contributed by atoms with Crippen LogP contribution in [0.15, 0.2) is 53.9 Å². The molecule has 0 saturated heterocycles. The molecule has 0 bridgehead atoms. The highest BCUT2D eigenvalue weighted by Crippen LogP contribution is 2.27. The highest BCUT2D eigenvalue weighted by Gasteiger charge is 2.09. The van der Waals surface area contributed by atoms with E-state index in [0.29, 0.717) is 15.8 Å². The van der Waals surface area contributed by atoms with Crippen LogP contribution in [0.4, 0.5) is 15.6 Å². The van der Waals surface area contributed by atoms with Crippen molar-refractivity contribution in [1.82, 2.24) is 4.98 Å². The van der Waals surface area contributed by atoms with E-state index < -0.39 is 0 Å². The van der Waals surface area contributed by atoms with E-state index in [4.69, 9.17) is 16.3 Å². The predicted molar refractivity (Wildman–Crippen MR) is 98.2 cm³/mol. The largest absolute Gasteiger partial charge is 0.497 e. The third kappa shape index (κ3) is 4.04. The summed E-state index contributed by atoms with van der Waals surface area (Å²) in [4.78, 5) is 16.4. The van der Waals surface area contributed by atoms with Crippen LogP contribution in [0, 0.1) is 0 Å². The van der Waals surface area contributed by atoms with Crippen molar-refractivity contribution in [3.05, 3.63) is 58.9 Å². The maximum Gasteiger partial charge on any atom is 0.325 e. The van der Waals surface area contributed by atoms with Gasteiger partial charge in [0.15, 0.2) is 5.13 Å². The first-order chi connectivity index (χ1) is 11.6. The Balaban J connectivity index is 1.67. The number of nitrogens with one attached hydrogen (secondary N) is 2. The van der Waals surface area contributed by atoms with Crippen molar-refractivity contribution < 1.29 is 9.53 Å². The van der Waals surface area contributed by atoms with Gasteiger partial charge in [-0.05, 0) is 36.4 Å². The highest BCUT2D eigenvalue weighted by atomic mass is 35.5. The second-order valence-corrected chi connectivity index (χ2v) is 6.15. The summed E-state index contributed by atoms with van der Waals surface area (Å²) in [5, 5.41) is 8.45. The lowest BCUT2D eigenvalue weighted by atomic mass is 10.2. The monoisotopic (exact) mass is 359 g/mol. The lowest BCUT2D eigenvalue weighted by Gasteiger charge is -2.05. The zero-order chi connectivity index (χ0) is 16.9. The van der Waals surface area contributed by atoms with Gasteiger partial charge < -0.3 is 10.1 Å². The molecule has 24 heavy (non-hydrogen) atoms. The van der Waals surface area contributed by atoms with Gasteiger partial charge in [0.25, 0.3) is 0 Å². The van der Waals surface area contributed by atoms with Gasteiger partial charge in [-0.2, -0.15) is 0 Å². The Labute approximate surface area is 148 Å². The number of halogens is 1. The van der Waals surface area contributed by atoms with Crippen LogP contribution in [0.1, 0.15) is 0 Å². The van der Waals surface area contributed by atoms with E-state index in [2.05, 4.69) is 15.6 Å². The number of anilines is 2. The molecular weight excluding hydrogens is 346 g/mol. The van der Waals surface area contributed by atoms with Crippen LogP contribution in [0.3, 0.4) is 0 Å². The van der Waals surface area contributed by atoms with Crippen molar-refractivity contribution in [2.45, 2.75) is 0 Å². The number of carbonyl (C=O) groups excluding carboxylic acids is 1. The Kier molecular flexibility index (Phi) is 4.98. The second kappa shape index (κ2) is 7.33. The molecule has 5 nitrogen and oxygen atoms in total. The first-order valence-electron chi connectivity index (χ1n) is 7.07. The maximum atomic E-state index is 12.0. The SMILES string of the molecule is COc1cccc(-c2csc(NC(=O)Nc3ccc(Cl)cc3)n2)c1. The van der Waals surface area contributed by atoms with E-state index in [-0.39, 0.29) is 6.03 Å². The number of rotatable bonds is 4.